The molecule has 0 spiro atoms. The Kier molecular flexibility index (Phi) is 9.97. The third kappa shape index (κ3) is 8.47. The Morgan fingerprint density at radius 1 is 1.00 bits per heavy atom. The van der Waals surface area contributed by atoms with Gasteiger partial charge in [-0.25, -0.2) is 4.79 Å². The smallest absolute Gasteiger partial charge is 0.335 e. The van der Waals surface area contributed by atoms with Crippen LogP contribution in [0.1, 0.15) is 22.8 Å². The van der Waals surface area contributed by atoms with Gasteiger partial charge < -0.3 is 10.2 Å². The first kappa shape index (κ1) is 17.4. The molecule has 2 aromatic carbocycles. The maximum atomic E-state index is 10.2. The van der Waals surface area contributed by atoms with Gasteiger partial charge in [0.05, 0.1) is 5.56 Å². The Bertz CT molecular complexity index is 480. The molecule has 0 saturated heterocycles. The molecule has 2 aromatic rings. The number of aromatic carboxylic acids is 1. The van der Waals surface area contributed by atoms with Crippen molar-refractivity contribution in [3.63, 3.8) is 0 Å². The molecule has 4 nitrogen and oxygen atoms in total. The van der Waals surface area contributed by atoms with E-state index in [1.165, 1.54) is 5.56 Å². The Labute approximate surface area is 118 Å². The van der Waals surface area contributed by atoms with Crippen molar-refractivity contribution >= 4 is 12.4 Å². The fourth-order valence-electron chi connectivity index (χ4n) is 1.29. The van der Waals surface area contributed by atoms with E-state index in [1.54, 1.807) is 30.3 Å². The summed E-state index contributed by atoms with van der Waals surface area (Å²) in [6, 6.07) is 18.8. The van der Waals surface area contributed by atoms with E-state index >= 15 is 0 Å². The van der Waals surface area contributed by atoms with Gasteiger partial charge in [-0.2, -0.15) is 0 Å². The molecule has 0 aliphatic carbocycles. The summed E-state index contributed by atoms with van der Waals surface area (Å²) >= 11 is 0. The molecular formula is C16H18O4. The fraction of sp³-hybridized carbons (Fsp3) is 0.125. The van der Waals surface area contributed by atoms with E-state index in [4.69, 9.17) is 15.0 Å². The molecule has 0 saturated carbocycles. The van der Waals surface area contributed by atoms with E-state index in [1.807, 2.05) is 6.07 Å². The van der Waals surface area contributed by atoms with Crippen LogP contribution in [0.5, 0.6) is 0 Å². The highest BCUT2D eigenvalue weighted by atomic mass is 16.4. The molecule has 0 aliphatic heterocycles. The van der Waals surface area contributed by atoms with Gasteiger partial charge in [0.25, 0.3) is 6.47 Å². The van der Waals surface area contributed by atoms with E-state index in [0.717, 1.165) is 6.42 Å². The van der Waals surface area contributed by atoms with Crippen LogP contribution in [0, 0.1) is 0 Å². The van der Waals surface area contributed by atoms with Crippen LogP contribution in [-0.2, 0) is 11.2 Å². The van der Waals surface area contributed by atoms with Gasteiger partial charge in [0.2, 0.25) is 0 Å². The molecular weight excluding hydrogens is 256 g/mol. The van der Waals surface area contributed by atoms with Gasteiger partial charge in [0.15, 0.2) is 0 Å². The lowest BCUT2D eigenvalue weighted by Gasteiger charge is -1.89. The van der Waals surface area contributed by atoms with Gasteiger partial charge in [-0.3, -0.25) is 4.79 Å². The number of carboxylic acids is 1. The van der Waals surface area contributed by atoms with Crippen LogP contribution >= 0.6 is 0 Å². The molecule has 2 rings (SSSR count). The maximum absolute atomic E-state index is 10.2. The minimum absolute atomic E-state index is 0.250. The van der Waals surface area contributed by atoms with Crippen molar-refractivity contribution in [1.82, 2.24) is 0 Å². The summed E-state index contributed by atoms with van der Waals surface area (Å²) < 4.78 is 0. The zero-order chi connectivity index (χ0) is 15.2. The Balaban J connectivity index is 0.000000304. The van der Waals surface area contributed by atoms with Gasteiger partial charge in [0, 0.05) is 0 Å². The molecule has 0 aromatic heterocycles. The highest BCUT2D eigenvalue weighted by Crippen LogP contribution is 1.97. The third-order valence-electron chi connectivity index (χ3n) is 2.27. The van der Waals surface area contributed by atoms with Crippen LogP contribution in [0.15, 0.2) is 60.7 Å². The molecule has 0 bridgehead atoms. The number of benzene rings is 2. The van der Waals surface area contributed by atoms with Gasteiger partial charge >= 0.3 is 5.97 Å². The van der Waals surface area contributed by atoms with Crippen LogP contribution in [0.2, 0.25) is 0 Å². The number of hydrogen-bond donors (Lipinski definition) is 2. The predicted molar refractivity (Wildman–Crippen MR) is 77.9 cm³/mol. The molecule has 106 valence electrons. The second-order valence-corrected chi connectivity index (χ2v) is 3.62. The second-order valence-electron chi connectivity index (χ2n) is 3.62. The van der Waals surface area contributed by atoms with Crippen LogP contribution in [-0.4, -0.2) is 22.7 Å². The SMILES string of the molecule is CCc1ccccc1.O=C(O)c1ccccc1.O=CO. The molecule has 0 unspecified atom stereocenters. The van der Waals surface area contributed by atoms with Crippen molar-refractivity contribution in [1.29, 1.82) is 0 Å². The van der Waals surface area contributed by atoms with Crippen molar-refractivity contribution < 1.29 is 19.8 Å². The number of rotatable bonds is 2. The molecule has 2 N–H and O–H groups in total. The summed E-state index contributed by atoms with van der Waals surface area (Å²) in [5, 5.41) is 15.3. The number of hydrogen-bond acceptors (Lipinski definition) is 2. The fourth-order valence-corrected chi connectivity index (χ4v) is 1.29. The van der Waals surface area contributed by atoms with E-state index in [0.29, 0.717) is 5.56 Å². The van der Waals surface area contributed by atoms with Gasteiger partial charge in [0.1, 0.15) is 0 Å². The van der Waals surface area contributed by atoms with Crippen LogP contribution < -0.4 is 0 Å². The van der Waals surface area contributed by atoms with Crippen LogP contribution in [0.25, 0.3) is 0 Å². The average Bonchev–Trinajstić information content (AvgIpc) is 2.50. The summed E-state index contributed by atoms with van der Waals surface area (Å²) in [7, 11) is 0. The van der Waals surface area contributed by atoms with Crippen molar-refractivity contribution in [2.75, 3.05) is 0 Å². The highest BCUT2D eigenvalue weighted by molar-refractivity contribution is 5.87. The molecule has 0 radical (unpaired) electrons. The third-order valence-corrected chi connectivity index (χ3v) is 2.27. The minimum atomic E-state index is -0.879. The summed E-state index contributed by atoms with van der Waals surface area (Å²) in [6.45, 7) is 1.91. The first-order chi connectivity index (χ1) is 9.65. The zero-order valence-corrected chi connectivity index (χ0v) is 11.3. The van der Waals surface area contributed by atoms with E-state index in [2.05, 4.69) is 31.2 Å². The second kappa shape index (κ2) is 11.5. The lowest BCUT2D eigenvalue weighted by molar-refractivity contribution is -0.122. The maximum Gasteiger partial charge on any atom is 0.335 e. The first-order valence-electron chi connectivity index (χ1n) is 6.05. The van der Waals surface area contributed by atoms with E-state index in [-0.39, 0.29) is 6.47 Å². The summed E-state index contributed by atoms with van der Waals surface area (Å²) in [4.78, 5) is 18.6. The largest absolute Gasteiger partial charge is 0.483 e. The van der Waals surface area contributed by atoms with Gasteiger partial charge in [-0.15, -0.1) is 0 Å². The Morgan fingerprint density at radius 3 is 1.65 bits per heavy atom. The van der Waals surface area contributed by atoms with Crippen LogP contribution in [0.3, 0.4) is 0 Å². The predicted octanol–water partition coefficient (Wildman–Crippen LogP) is 3.33. The Hall–Kier alpha value is -2.62. The van der Waals surface area contributed by atoms with E-state index < -0.39 is 5.97 Å². The van der Waals surface area contributed by atoms with Crippen molar-refractivity contribution in [2.45, 2.75) is 13.3 Å². The van der Waals surface area contributed by atoms with Crippen molar-refractivity contribution in [2.24, 2.45) is 0 Å². The highest BCUT2D eigenvalue weighted by Gasteiger charge is 1.96. The molecule has 20 heavy (non-hydrogen) atoms. The molecule has 0 atom stereocenters. The minimum Gasteiger partial charge on any atom is -0.483 e. The van der Waals surface area contributed by atoms with Crippen molar-refractivity contribution in [3.05, 3.63) is 71.8 Å². The monoisotopic (exact) mass is 274 g/mol. The molecule has 0 heterocycles. The lowest BCUT2D eigenvalue weighted by Crippen LogP contribution is -1.93. The average molecular weight is 274 g/mol. The van der Waals surface area contributed by atoms with Gasteiger partial charge in [-0.1, -0.05) is 55.5 Å². The molecule has 0 amide bonds. The number of aryl methyl sites for hydroxylation is 1. The Morgan fingerprint density at radius 2 is 1.40 bits per heavy atom. The molecule has 4 heteroatoms. The molecule has 0 fully saturated rings. The first-order valence-corrected chi connectivity index (χ1v) is 6.05. The summed E-state index contributed by atoms with van der Waals surface area (Å²) in [5.41, 5.74) is 1.74. The van der Waals surface area contributed by atoms with Crippen LogP contribution in [0.4, 0.5) is 0 Å². The lowest BCUT2D eigenvalue weighted by atomic mass is 10.2. The molecule has 0 aliphatic rings. The number of carbonyl (C=O) groups is 2. The summed E-state index contributed by atoms with van der Waals surface area (Å²) in [6.07, 6.45) is 1.14. The standard InChI is InChI=1S/C8H10.C7H6O2.CH2O2/c1-2-8-6-4-3-5-7-8;8-7(9)6-4-2-1-3-5-6;2-1-3/h3-7H,2H2,1H3;1-5H,(H,8,9);1H,(H,2,3). The summed E-state index contributed by atoms with van der Waals surface area (Å²) in [5.74, 6) is -0.879. The topological polar surface area (TPSA) is 74.6 Å². The number of carboxylic acid groups (broad SMARTS) is 2. The quantitative estimate of drug-likeness (QED) is 0.824. The zero-order valence-electron chi connectivity index (χ0n) is 11.3. The van der Waals surface area contributed by atoms with E-state index in [9.17, 15) is 4.79 Å². The normalized spacial score (nSPS) is 8.25. The van der Waals surface area contributed by atoms with Crippen molar-refractivity contribution in [3.8, 4) is 0 Å². The van der Waals surface area contributed by atoms with Gasteiger partial charge in [-0.05, 0) is 24.1 Å².